The Kier molecular flexibility index (Phi) is 8.10. The highest BCUT2D eigenvalue weighted by molar-refractivity contribution is 9.10. The summed E-state index contributed by atoms with van der Waals surface area (Å²) in [4.78, 5) is 20.0. The third-order valence-electron chi connectivity index (χ3n) is 7.94. The van der Waals surface area contributed by atoms with E-state index in [1.807, 2.05) is 59.2 Å². The number of aryl methyl sites for hydroxylation is 1. The molecule has 7 rings (SSSR count). The number of benzene rings is 4. The predicted octanol–water partition coefficient (Wildman–Crippen LogP) is 8.08. The van der Waals surface area contributed by atoms with E-state index in [9.17, 15) is 4.79 Å². The second kappa shape index (κ2) is 12.2. The van der Waals surface area contributed by atoms with Gasteiger partial charge in [-0.15, -0.1) is 0 Å². The van der Waals surface area contributed by atoms with Crippen LogP contribution in [0.1, 0.15) is 40.3 Å². The van der Waals surface area contributed by atoms with Crippen LogP contribution in [0.3, 0.4) is 0 Å². The number of thiazole rings is 1. The largest absolute Gasteiger partial charge is 0.493 e. The fourth-order valence-corrected chi connectivity index (χ4v) is 7.88. The molecule has 44 heavy (non-hydrogen) atoms. The molecule has 9 heteroatoms. The molecule has 0 fully saturated rings. The molecule has 4 aromatic carbocycles. The Hall–Kier alpha value is -3.43. The Bertz CT molecular complexity index is 2140. The van der Waals surface area contributed by atoms with Crippen molar-refractivity contribution in [3.05, 3.63) is 152 Å². The smallest absolute Gasteiger partial charge is 0.271 e. The summed E-state index contributed by atoms with van der Waals surface area (Å²) in [6.07, 6.45) is 3.66. The van der Waals surface area contributed by atoms with E-state index in [1.165, 1.54) is 22.5 Å². The molecule has 1 aliphatic carbocycles. The maximum absolute atomic E-state index is 14.2. The van der Waals surface area contributed by atoms with Gasteiger partial charge in [0.2, 0.25) is 0 Å². The van der Waals surface area contributed by atoms with E-state index in [0.29, 0.717) is 30.3 Å². The summed E-state index contributed by atoms with van der Waals surface area (Å²) in [5.74, 6) is 1.11. The molecule has 0 saturated carbocycles. The second-order valence-corrected chi connectivity index (χ2v) is 13.8. The van der Waals surface area contributed by atoms with Crippen LogP contribution in [0.2, 0.25) is 5.02 Å². The zero-order valence-corrected chi connectivity index (χ0v) is 28.3. The molecule has 0 saturated heterocycles. The van der Waals surface area contributed by atoms with Gasteiger partial charge in [-0.25, -0.2) is 4.99 Å². The van der Waals surface area contributed by atoms with Crippen LogP contribution >= 0.6 is 54.8 Å². The Morgan fingerprint density at radius 2 is 1.80 bits per heavy atom. The average Bonchev–Trinajstić information content (AvgIpc) is 3.34. The van der Waals surface area contributed by atoms with E-state index in [0.717, 1.165) is 45.3 Å². The molecular formula is C35H25Br2ClN2O3S. The lowest BCUT2D eigenvalue weighted by molar-refractivity contribution is 0.282. The van der Waals surface area contributed by atoms with Crippen LogP contribution in [0.15, 0.2) is 109 Å². The van der Waals surface area contributed by atoms with E-state index in [1.54, 1.807) is 7.11 Å². The molecule has 1 aromatic heterocycles. The summed E-state index contributed by atoms with van der Waals surface area (Å²) in [6, 6.07) is 27.8. The predicted molar refractivity (Wildman–Crippen MR) is 183 cm³/mol. The number of halogens is 3. The minimum atomic E-state index is -0.230. The minimum Gasteiger partial charge on any atom is -0.493 e. The molecule has 5 aromatic rings. The van der Waals surface area contributed by atoms with Gasteiger partial charge in [-0.1, -0.05) is 93.5 Å². The molecule has 0 N–H and O–H groups in total. The van der Waals surface area contributed by atoms with Crippen molar-refractivity contribution >= 4 is 66.6 Å². The van der Waals surface area contributed by atoms with Gasteiger partial charge >= 0.3 is 0 Å². The highest BCUT2D eigenvalue weighted by Crippen LogP contribution is 2.41. The SMILES string of the molecule is COc1cc(/C=c2\sc3n(c2=O)[C@@H](c2ccc(Br)cc2)C2=C(N=3)c3ccccc3CC2)cc(Br)c1OCc1ccccc1Cl. The van der Waals surface area contributed by atoms with Gasteiger partial charge in [-0.05, 0) is 87.4 Å². The number of hydrogen-bond acceptors (Lipinski definition) is 5. The van der Waals surface area contributed by atoms with Crippen LogP contribution in [0.4, 0.5) is 0 Å². The van der Waals surface area contributed by atoms with E-state index < -0.39 is 0 Å². The molecule has 0 unspecified atom stereocenters. The van der Waals surface area contributed by atoms with Crippen LogP contribution in [0.5, 0.6) is 11.5 Å². The lowest BCUT2D eigenvalue weighted by Gasteiger charge is -2.30. The summed E-state index contributed by atoms with van der Waals surface area (Å²) < 4.78 is 16.0. The Morgan fingerprint density at radius 3 is 2.59 bits per heavy atom. The standard InChI is InChI=1S/C35H25Br2ClN2O3S/c1-42-29-17-20(16-27(37)33(29)43-19-23-7-3-5-9-28(23)38)18-30-34(41)40-32(22-10-13-24(36)14-11-22)26-15-12-21-6-2-4-8-25(21)31(26)39-35(40)44-30/h2-11,13-14,16-18,32H,12,15,19H2,1H3/b30-18-/t32-/m0/s1. The maximum Gasteiger partial charge on any atom is 0.271 e. The third kappa shape index (κ3) is 5.38. The molecular weight excluding hydrogens is 724 g/mol. The molecule has 2 heterocycles. The molecule has 0 radical (unpaired) electrons. The Labute approximate surface area is 280 Å². The number of allylic oxidation sites excluding steroid dienone is 1. The molecule has 0 bridgehead atoms. The number of hydrogen-bond donors (Lipinski definition) is 0. The minimum absolute atomic E-state index is 0.0683. The maximum atomic E-state index is 14.2. The van der Waals surface area contributed by atoms with Crippen LogP contribution < -0.4 is 24.4 Å². The van der Waals surface area contributed by atoms with Crippen molar-refractivity contribution in [2.75, 3.05) is 7.11 Å². The van der Waals surface area contributed by atoms with E-state index >= 15 is 0 Å². The van der Waals surface area contributed by atoms with E-state index in [2.05, 4.69) is 68.3 Å². The molecule has 220 valence electrons. The lowest BCUT2D eigenvalue weighted by atomic mass is 9.83. The molecule has 0 amide bonds. The summed E-state index contributed by atoms with van der Waals surface area (Å²) in [5.41, 5.74) is 7.27. The first-order chi connectivity index (χ1) is 21.4. The summed E-state index contributed by atoms with van der Waals surface area (Å²) in [6.45, 7) is 0.288. The van der Waals surface area contributed by atoms with Gasteiger partial charge in [0.05, 0.1) is 27.9 Å². The van der Waals surface area contributed by atoms with Gasteiger partial charge in [-0.3, -0.25) is 9.36 Å². The van der Waals surface area contributed by atoms with Crippen molar-refractivity contribution in [1.29, 1.82) is 0 Å². The van der Waals surface area contributed by atoms with Crippen molar-refractivity contribution in [2.24, 2.45) is 4.99 Å². The fourth-order valence-electron chi connectivity index (χ4n) is 5.85. The summed E-state index contributed by atoms with van der Waals surface area (Å²) in [7, 11) is 1.60. The van der Waals surface area contributed by atoms with Gasteiger partial charge in [0.15, 0.2) is 16.3 Å². The first kappa shape index (κ1) is 29.3. The van der Waals surface area contributed by atoms with E-state index in [4.69, 9.17) is 26.1 Å². The van der Waals surface area contributed by atoms with Crippen molar-refractivity contribution in [2.45, 2.75) is 25.5 Å². The molecule has 1 atom stereocenters. The van der Waals surface area contributed by atoms with Crippen LogP contribution in [0.25, 0.3) is 11.8 Å². The summed E-state index contributed by atoms with van der Waals surface area (Å²) >= 11 is 15.0. The van der Waals surface area contributed by atoms with Crippen LogP contribution in [-0.4, -0.2) is 11.7 Å². The normalized spacial score (nSPS) is 15.7. The van der Waals surface area contributed by atoms with Crippen molar-refractivity contribution in [3.8, 4) is 11.5 Å². The van der Waals surface area contributed by atoms with Gasteiger partial charge < -0.3 is 9.47 Å². The van der Waals surface area contributed by atoms with Crippen molar-refractivity contribution < 1.29 is 9.47 Å². The van der Waals surface area contributed by atoms with Gasteiger partial charge in [0, 0.05) is 20.6 Å². The van der Waals surface area contributed by atoms with Gasteiger partial charge in [0.1, 0.15) is 6.61 Å². The van der Waals surface area contributed by atoms with E-state index in [-0.39, 0.29) is 18.2 Å². The quantitative estimate of drug-likeness (QED) is 0.177. The highest BCUT2D eigenvalue weighted by atomic mass is 79.9. The molecule has 1 aliphatic heterocycles. The van der Waals surface area contributed by atoms with Crippen LogP contribution in [0, 0.1) is 0 Å². The van der Waals surface area contributed by atoms with Crippen molar-refractivity contribution in [3.63, 3.8) is 0 Å². The van der Waals surface area contributed by atoms with Crippen molar-refractivity contribution in [1.82, 2.24) is 4.57 Å². The molecule has 5 nitrogen and oxygen atoms in total. The van der Waals surface area contributed by atoms with Gasteiger partial charge in [0.25, 0.3) is 5.56 Å². The first-order valence-electron chi connectivity index (χ1n) is 14.0. The topological polar surface area (TPSA) is 52.8 Å². The monoisotopic (exact) mass is 746 g/mol. The fraction of sp³-hybridized carbons (Fsp3) is 0.143. The number of ether oxygens (including phenoxy) is 2. The van der Waals surface area contributed by atoms with Crippen LogP contribution in [-0.2, 0) is 13.0 Å². The Morgan fingerprint density at radius 1 is 1.02 bits per heavy atom. The zero-order valence-electron chi connectivity index (χ0n) is 23.5. The number of fused-ring (bicyclic) bond motifs is 3. The Balaban J connectivity index is 1.33. The zero-order chi connectivity index (χ0) is 30.4. The average molecular weight is 749 g/mol. The number of rotatable bonds is 6. The molecule has 2 aliphatic rings. The number of nitrogens with zero attached hydrogens (tertiary/aromatic N) is 2. The lowest BCUT2D eigenvalue weighted by Crippen LogP contribution is -2.38. The molecule has 0 spiro atoms. The van der Waals surface area contributed by atoms with Gasteiger partial charge in [-0.2, -0.15) is 0 Å². The highest BCUT2D eigenvalue weighted by Gasteiger charge is 2.32. The number of aromatic nitrogens is 1. The third-order valence-corrected chi connectivity index (χ3v) is 10.4. The summed E-state index contributed by atoms with van der Waals surface area (Å²) in [5, 5.41) is 0.640. The second-order valence-electron chi connectivity index (χ2n) is 10.6. The number of methoxy groups -OCH3 is 1. The first-order valence-corrected chi connectivity index (χ1v) is 16.8.